The second kappa shape index (κ2) is 5.37. The van der Waals surface area contributed by atoms with Gasteiger partial charge in [0, 0.05) is 18.6 Å². The summed E-state index contributed by atoms with van der Waals surface area (Å²) in [4.78, 5) is 11.2. The van der Waals surface area contributed by atoms with Crippen LogP contribution in [0.15, 0.2) is 24.5 Å². The molecule has 0 atom stereocenters. The van der Waals surface area contributed by atoms with Crippen LogP contribution in [0.3, 0.4) is 0 Å². The van der Waals surface area contributed by atoms with E-state index >= 15 is 0 Å². The van der Waals surface area contributed by atoms with Gasteiger partial charge in [-0.1, -0.05) is 12.2 Å². The van der Waals surface area contributed by atoms with Gasteiger partial charge in [0.15, 0.2) is 0 Å². The average Bonchev–Trinajstić information content (AvgIpc) is 2.65. The fourth-order valence-electron chi connectivity index (χ4n) is 0.775. The molecule has 4 nitrogen and oxygen atoms in total. The number of alkyl halides is 1. The van der Waals surface area contributed by atoms with E-state index in [1.165, 1.54) is 6.20 Å². The first-order valence-electron chi connectivity index (χ1n) is 3.82. The molecule has 0 spiro atoms. The van der Waals surface area contributed by atoms with Gasteiger partial charge in [0.1, 0.15) is 0 Å². The summed E-state index contributed by atoms with van der Waals surface area (Å²) in [5.74, 6) is 0.315. The molecule has 0 radical (unpaired) electrons. The van der Waals surface area contributed by atoms with E-state index in [1.807, 2.05) is 0 Å². The maximum Gasteiger partial charge on any atom is 0.254 e. The Bertz CT molecular complexity index is 282. The van der Waals surface area contributed by atoms with Crippen molar-refractivity contribution >= 4 is 17.5 Å². The van der Waals surface area contributed by atoms with Crippen molar-refractivity contribution in [2.45, 2.75) is 0 Å². The molecule has 0 bridgehead atoms. The maximum absolute atomic E-state index is 11.2. The Morgan fingerprint density at radius 3 is 3.15 bits per heavy atom. The number of H-pyrrole nitrogens is 1. The van der Waals surface area contributed by atoms with Gasteiger partial charge in [-0.15, -0.1) is 11.6 Å². The number of aromatic nitrogens is 2. The van der Waals surface area contributed by atoms with Gasteiger partial charge in [0.05, 0.1) is 11.8 Å². The van der Waals surface area contributed by atoms with E-state index in [9.17, 15) is 4.79 Å². The lowest BCUT2D eigenvalue weighted by atomic mass is 10.3. The number of hydrogen-bond donors (Lipinski definition) is 2. The first-order chi connectivity index (χ1) is 6.34. The average molecular weight is 200 g/mol. The van der Waals surface area contributed by atoms with E-state index in [-0.39, 0.29) is 5.91 Å². The first-order valence-corrected chi connectivity index (χ1v) is 4.36. The summed E-state index contributed by atoms with van der Waals surface area (Å²) in [5, 5.41) is 8.90. The number of carbonyl (C=O) groups excluding carboxylic acids is 1. The number of hydrogen-bond acceptors (Lipinski definition) is 2. The van der Waals surface area contributed by atoms with Gasteiger partial charge in [0.25, 0.3) is 5.91 Å². The molecular formula is C8H10ClN3O. The van der Waals surface area contributed by atoms with E-state index in [1.54, 1.807) is 18.3 Å². The molecular weight excluding hydrogens is 190 g/mol. The smallest absolute Gasteiger partial charge is 0.254 e. The van der Waals surface area contributed by atoms with Gasteiger partial charge in [-0.05, 0) is 0 Å². The van der Waals surface area contributed by atoms with Crippen molar-refractivity contribution in [2.24, 2.45) is 0 Å². The normalized spacial score (nSPS) is 10.5. The van der Waals surface area contributed by atoms with E-state index < -0.39 is 0 Å². The molecule has 1 aromatic heterocycles. The summed E-state index contributed by atoms with van der Waals surface area (Å²) in [6, 6.07) is 0. The lowest BCUT2D eigenvalue weighted by molar-refractivity contribution is 0.0958. The molecule has 2 N–H and O–H groups in total. The van der Waals surface area contributed by atoms with Gasteiger partial charge < -0.3 is 5.32 Å². The Balaban J connectivity index is 2.31. The van der Waals surface area contributed by atoms with E-state index in [0.717, 1.165) is 0 Å². The predicted octanol–water partition coefficient (Wildman–Crippen LogP) is 0.934. The first kappa shape index (κ1) is 9.80. The van der Waals surface area contributed by atoms with Gasteiger partial charge in [0.2, 0.25) is 0 Å². The summed E-state index contributed by atoms with van der Waals surface area (Å²) in [5.41, 5.74) is 0.527. The third-order valence-corrected chi connectivity index (χ3v) is 1.57. The Morgan fingerprint density at radius 2 is 2.54 bits per heavy atom. The van der Waals surface area contributed by atoms with Crippen molar-refractivity contribution in [3.63, 3.8) is 0 Å². The molecule has 0 aliphatic rings. The van der Waals surface area contributed by atoms with Gasteiger partial charge in [-0.3, -0.25) is 9.89 Å². The van der Waals surface area contributed by atoms with Crippen LogP contribution in [0.5, 0.6) is 0 Å². The molecule has 1 heterocycles. The minimum Gasteiger partial charge on any atom is -0.348 e. The van der Waals surface area contributed by atoms with E-state index in [2.05, 4.69) is 15.5 Å². The molecule has 70 valence electrons. The fraction of sp³-hybridized carbons (Fsp3) is 0.250. The Labute approximate surface area is 81.0 Å². The molecule has 13 heavy (non-hydrogen) atoms. The zero-order valence-corrected chi connectivity index (χ0v) is 7.71. The Kier molecular flexibility index (Phi) is 4.05. The molecule has 0 saturated carbocycles. The van der Waals surface area contributed by atoms with Crippen molar-refractivity contribution in [1.82, 2.24) is 15.5 Å². The van der Waals surface area contributed by atoms with Crippen LogP contribution in [0.1, 0.15) is 10.4 Å². The highest BCUT2D eigenvalue weighted by Gasteiger charge is 2.03. The number of allylic oxidation sites excluding steroid dienone is 1. The van der Waals surface area contributed by atoms with Crippen molar-refractivity contribution in [3.8, 4) is 0 Å². The van der Waals surface area contributed by atoms with Gasteiger partial charge in [-0.25, -0.2) is 0 Å². The molecule has 1 aromatic rings. The number of nitrogens with zero attached hydrogens (tertiary/aromatic N) is 1. The van der Waals surface area contributed by atoms with Crippen LogP contribution in [0.25, 0.3) is 0 Å². The maximum atomic E-state index is 11.2. The van der Waals surface area contributed by atoms with Crippen LogP contribution < -0.4 is 5.32 Å². The van der Waals surface area contributed by atoms with Crippen molar-refractivity contribution in [1.29, 1.82) is 0 Å². The van der Waals surface area contributed by atoms with E-state index in [4.69, 9.17) is 11.6 Å². The van der Waals surface area contributed by atoms with Crippen LogP contribution in [0.2, 0.25) is 0 Å². The van der Waals surface area contributed by atoms with Crippen LogP contribution >= 0.6 is 11.6 Å². The van der Waals surface area contributed by atoms with Crippen molar-refractivity contribution in [2.75, 3.05) is 12.4 Å². The largest absolute Gasteiger partial charge is 0.348 e. The number of carbonyl (C=O) groups is 1. The molecule has 1 amide bonds. The number of rotatable bonds is 4. The summed E-state index contributed by atoms with van der Waals surface area (Å²) in [6.07, 6.45) is 6.59. The zero-order valence-electron chi connectivity index (χ0n) is 6.96. The van der Waals surface area contributed by atoms with Gasteiger partial charge in [-0.2, -0.15) is 5.10 Å². The van der Waals surface area contributed by atoms with Crippen LogP contribution in [0, 0.1) is 0 Å². The highest BCUT2D eigenvalue weighted by molar-refractivity contribution is 6.18. The summed E-state index contributed by atoms with van der Waals surface area (Å²) in [7, 11) is 0. The summed E-state index contributed by atoms with van der Waals surface area (Å²) < 4.78 is 0. The van der Waals surface area contributed by atoms with E-state index in [0.29, 0.717) is 18.0 Å². The van der Waals surface area contributed by atoms with Crippen molar-refractivity contribution in [3.05, 3.63) is 30.1 Å². The van der Waals surface area contributed by atoms with Crippen LogP contribution in [-0.2, 0) is 0 Å². The third kappa shape index (κ3) is 3.29. The molecule has 0 saturated heterocycles. The SMILES string of the molecule is O=C(NC/C=C/CCl)c1cn[nH]c1. The van der Waals surface area contributed by atoms with Crippen LogP contribution in [0.4, 0.5) is 0 Å². The molecule has 0 fully saturated rings. The number of aromatic amines is 1. The Morgan fingerprint density at radius 1 is 1.69 bits per heavy atom. The summed E-state index contributed by atoms with van der Waals surface area (Å²) >= 11 is 5.40. The number of amides is 1. The molecule has 0 aliphatic heterocycles. The number of halogens is 1. The lowest BCUT2D eigenvalue weighted by Gasteiger charge is -1.97. The lowest BCUT2D eigenvalue weighted by Crippen LogP contribution is -2.22. The quantitative estimate of drug-likeness (QED) is 0.560. The van der Waals surface area contributed by atoms with Crippen molar-refractivity contribution < 1.29 is 4.79 Å². The minimum absolute atomic E-state index is 0.145. The monoisotopic (exact) mass is 199 g/mol. The topological polar surface area (TPSA) is 57.8 Å². The molecule has 0 aromatic carbocycles. The molecule has 0 aliphatic carbocycles. The predicted molar refractivity (Wildman–Crippen MR) is 50.8 cm³/mol. The zero-order chi connectivity index (χ0) is 9.52. The second-order valence-corrected chi connectivity index (χ2v) is 2.63. The van der Waals surface area contributed by atoms with Gasteiger partial charge >= 0.3 is 0 Å². The summed E-state index contributed by atoms with van der Waals surface area (Å²) in [6.45, 7) is 0.483. The highest BCUT2D eigenvalue weighted by Crippen LogP contribution is 1.91. The number of nitrogens with one attached hydrogen (secondary N) is 2. The second-order valence-electron chi connectivity index (χ2n) is 2.32. The molecule has 5 heteroatoms. The van der Waals surface area contributed by atoms with Crippen LogP contribution in [-0.4, -0.2) is 28.5 Å². The third-order valence-electron chi connectivity index (χ3n) is 1.40. The molecule has 1 rings (SSSR count). The molecule has 0 unspecified atom stereocenters. The minimum atomic E-state index is -0.145. The highest BCUT2D eigenvalue weighted by atomic mass is 35.5. The fourth-order valence-corrected chi connectivity index (χ4v) is 0.901. The Hall–Kier alpha value is -1.29. The standard InChI is InChI=1S/C8H10ClN3O/c9-3-1-2-4-10-8(13)7-5-11-12-6-7/h1-2,5-6H,3-4H2,(H,10,13)(H,11,12)/b2-1+.